The molecule has 0 aliphatic rings. The van der Waals surface area contributed by atoms with Gasteiger partial charge in [-0.05, 0) is 6.42 Å². The van der Waals surface area contributed by atoms with E-state index in [4.69, 9.17) is 10.3 Å². The van der Waals surface area contributed by atoms with Gasteiger partial charge in [0.25, 0.3) is 0 Å². The summed E-state index contributed by atoms with van der Waals surface area (Å²) >= 11 is 0. The third kappa shape index (κ3) is 2.91. The number of nitrogens with zero attached hydrogens (tertiary/aromatic N) is 2. The van der Waals surface area contributed by atoms with E-state index in [9.17, 15) is 0 Å². The van der Waals surface area contributed by atoms with Crippen molar-refractivity contribution in [3.63, 3.8) is 0 Å². The monoisotopic (exact) mass is 231 g/mol. The van der Waals surface area contributed by atoms with E-state index in [2.05, 4.69) is 17.1 Å². The van der Waals surface area contributed by atoms with Crippen molar-refractivity contribution in [1.82, 2.24) is 10.1 Å². The Labute approximate surface area is 101 Å². The van der Waals surface area contributed by atoms with Gasteiger partial charge in [-0.1, -0.05) is 55.3 Å². The number of rotatable bonds is 5. The Morgan fingerprint density at radius 3 is 2.76 bits per heavy atom. The smallest absolute Gasteiger partial charge is 0.243 e. The molecule has 0 aliphatic heterocycles. The van der Waals surface area contributed by atoms with Gasteiger partial charge in [-0.15, -0.1) is 0 Å². The van der Waals surface area contributed by atoms with Gasteiger partial charge in [-0.2, -0.15) is 4.98 Å². The second-order valence-electron chi connectivity index (χ2n) is 4.07. The highest BCUT2D eigenvalue weighted by Crippen LogP contribution is 2.19. The first kappa shape index (κ1) is 11.8. The predicted octanol–water partition coefficient (Wildman–Crippen LogP) is 2.93. The van der Waals surface area contributed by atoms with Crippen LogP contribution in [0.3, 0.4) is 0 Å². The lowest BCUT2D eigenvalue weighted by molar-refractivity contribution is 0.346. The van der Waals surface area contributed by atoms with Crippen LogP contribution in [0.2, 0.25) is 0 Å². The van der Waals surface area contributed by atoms with Gasteiger partial charge < -0.3 is 10.3 Å². The number of benzene rings is 1. The molecule has 0 spiro atoms. The molecule has 0 saturated heterocycles. The molecule has 0 aliphatic carbocycles. The van der Waals surface area contributed by atoms with Crippen LogP contribution in [0.4, 0.5) is 0 Å². The fraction of sp³-hybridized carbons (Fsp3) is 0.385. The minimum atomic E-state index is -0.153. The first-order valence-electron chi connectivity index (χ1n) is 5.96. The van der Waals surface area contributed by atoms with Gasteiger partial charge >= 0.3 is 0 Å². The van der Waals surface area contributed by atoms with Crippen molar-refractivity contribution in [2.24, 2.45) is 5.73 Å². The molecule has 2 rings (SSSR count). The molecule has 4 nitrogen and oxygen atoms in total. The van der Waals surface area contributed by atoms with Crippen molar-refractivity contribution in [3.8, 4) is 11.4 Å². The third-order valence-corrected chi connectivity index (χ3v) is 2.66. The van der Waals surface area contributed by atoms with E-state index in [1.165, 1.54) is 0 Å². The van der Waals surface area contributed by atoms with E-state index in [1.807, 2.05) is 30.3 Å². The van der Waals surface area contributed by atoms with Crippen LogP contribution >= 0.6 is 0 Å². The van der Waals surface area contributed by atoms with Crippen molar-refractivity contribution < 1.29 is 4.52 Å². The topological polar surface area (TPSA) is 64.9 Å². The lowest BCUT2D eigenvalue weighted by Gasteiger charge is -2.03. The molecule has 17 heavy (non-hydrogen) atoms. The minimum absolute atomic E-state index is 0.153. The maximum Gasteiger partial charge on any atom is 0.243 e. The zero-order chi connectivity index (χ0) is 12.1. The van der Waals surface area contributed by atoms with E-state index < -0.39 is 0 Å². The fourth-order valence-electron chi connectivity index (χ4n) is 1.64. The van der Waals surface area contributed by atoms with Gasteiger partial charge in [-0.25, -0.2) is 0 Å². The zero-order valence-corrected chi connectivity index (χ0v) is 9.97. The van der Waals surface area contributed by atoms with E-state index in [0.717, 1.165) is 24.8 Å². The first-order chi connectivity index (χ1) is 8.31. The predicted molar refractivity (Wildman–Crippen MR) is 66.2 cm³/mol. The molecule has 1 unspecified atom stereocenters. The number of aromatic nitrogens is 2. The molecule has 4 heteroatoms. The standard InChI is InChI=1S/C13H17N3O/c1-2-3-9-11(14)13-15-12(16-17-13)10-7-5-4-6-8-10/h4-8,11H,2-3,9,14H2,1H3. The molecule has 90 valence electrons. The lowest BCUT2D eigenvalue weighted by Crippen LogP contribution is -2.10. The SMILES string of the molecule is CCCCC(N)c1nc(-c2ccccc2)no1. The molecule has 0 radical (unpaired) electrons. The molecule has 1 atom stereocenters. The number of hydrogen-bond acceptors (Lipinski definition) is 4. The van der Waals surface area contributed by atoms with Gasteiger partial charge in [0, 0.05) is 5.56 Å². The van der Waals surface area contributed by atoms with Crippen LogP contribution in [0.25, 0.3) is 11.4 Å². The summed E-state index contributed by atoms with van der Waals surface area (Å²) in [6, 6.07) is 9.60. The number of unbranched alkanes of at least 4 members (excludes halogenated alkanes) is 1. The normalized spacial score (nSPS) is 12.6. The molecule has 1 heterocycles. The van der Waals surface area contributed by atoms with Crippen molar-refractivity contribution >= 4 is 0 Å². The van der Waals surface area contributed by atoms with Crippen LogP contribution < -0.4 is 5.73 Å². The molecule has 1 aromatic heterocycles. The van der Waals surface area contributed by atoms with Crippen LogP contribution in [-0.2, 0) is 0 Å². The van der Waals surface area contributed by atoms with E-state index in [0.29, 0.717) is 11.7 Å². The summed E-state index contributed by atoms with van der Waals surface area (Å²) in [5, 5.41) is 3.95. The highest BCUT2D eigenvalue weighted by Gasteiger charge is 2.14. The van der Waals surface area contributed by atoms with Gasteiger partial charge in [0.05, 0.1) is 6.04 Å². The Hall–Kier alpha value is -1.68. The summed E-state index contributed by atoms with van der Waals surface area (Å²) in [6.45, 7) is 2.13. The summed E-state index contributed by atoms with van der Waals surface area (Å²) in [6.07, 6.45) is 3.07. The zero-order valence-electron chi connectivity index (χ0n) is 9.97. The summed E-state index contributed by atoms with van der Waals surface area (Å²) < 4.78 is 5.19. The van der Waals surface area contributed by atoms with Gasteiger partial charge in [0.15, 0.2) is 0 Å². The van der Waals surface area contributed by atoms with Crippen molar-refractivity contribution in [2.75, 3.05) is 0 Å². The molecule has 2 N–H and O–H groups in total. The summed E-state index contributed by atoms with van der Waals surface area (Å²) in [4.78, 5) is 4.33. The van der Waals surface area contributed by atoms with Crippen LogP contribution in [0, 0.1) is 0 Å². The first-order valence-corrected chi connectivity index (χ1v) is 5.96. The summed E-state index contributed by atoms with van der Waals surface area (Å²) in [5.41, 5.74) is 6.93. The molecule has 0 saturated carbocycles. The Kier molecular flexibility index (Phi) is 3.88. The molecule has 2 aromatic rings. The maximum absolute atomic E-state index is 5.98. The molecular formula is C13H17N3O. The van der Waals surface area contributed by atoms with E-state index >= 15 is 0 Å². The fourth-order valence-corrected chi connectivity index (χ4v) is 1.64. The Morgan fingerprint density at radius 2 is 2.06 bits per heavy atom. The van der Waals surface area contributed by atoms with Crippen LogP contribution in [-0.4, -0.2) is 10.1 Å². The van der Waals surface area contributed by atoms with Gasteiger partial charge in [0.2, 0.25) is 11.7 Å². The quantitative estimate of drug-likeness (QED) is 0.859. The Balaban J connectivity index is 2.11. The number of nitrogens with two attached hydrogens (primary N) is 1. The van der Waals surface area contributed by atoms with Gasteiger partial charge in [-0.3, -0.25) is 0 Å². The largest absolute Gasteiger partial charge is 0.337 e. The summed E-state index contributed by atoms with van der Waals surface area (Å²) in [5.74, 6) is 1.13. The molecule has 0 fully saturated rings. The van der Waals surface area contributed by atoms with Gasteiger partial charge in [0.1, 0.15) is 0 Å². The average Bonchev–Trinajstić information content (AvgIpc) is 2.86. The van der Waals surface area contributed by atoms with Crippen molar-refractivity contribution in [1.29, 1.82) is 0 Å². The third-order valence-electron chi connectivity index (χ3n) is 2.66. The van der Waals surface area contributed by atoms with Crippen LogP contribution in [0.1, 0.15) is 38.1 Å². The second kappa shape index (κ2) is 5.59. The van der Waals surface area contributed by atoms with Crippen molar-refractivity contribution in [3.05, 3.63) is 36.2 Å². The molecule has 0 bridgehead atoms. The van der Waals surface area contributed by atoms with E-state index in [-0.39, 0.29) is 6.04 Å². The second-order valence-corrected chi connectivity index (χ2v) is 4.07. The molecular weight excluding hydrogens is 214 g/mol. The molecule has 1 aromatic carbocycles. The average molecular weight is 231 g/mol. The highest BCUT2D eigenvalue weighted by atomic mass is 16.5. The number of hydrogen-bond donors (Lipinski definition) is 1. The summed E-state index contributed by atoms with van der Waals surface area (Å²) in [7, 11) is 0. The van der Waals surface area contributed by atoms with Crippen LogP contribution in [0.5, 0.6) is 0 Å². The van der Waals surface area contributed by atoms with E-state index in [1.54, 1.807) is 0 Å². The highest BCUT2D eigenvalue weighted by molar-refractivity contribution is 5.53. The van der Waals surface area contributed by atoms with Crippen LogP contribution in [0.15, 0.2) is 34.9 Å². The minimum Gasteiger partial charge on any atom is -0.337 e. The molecule has 0 amide bonds. The van der Waals surface area contributed by atoms with Crippen molar-refractivity contribution in [2.45, 2.75) is 32.2 Å². The Bertz CT molecular complexity index is 453. The lowest BCUT2D eigenvalue weighted by atomic mass is 10.1. The Morgan fingerprint density at radius 1 is 1.29 bits per heavy atom. The maximum atomic E-state index is 5.98.